The van der Waals surface area contributed by atoms with Crippen LogP contribution in [0.5, 0.6) is 0 Å². The normalized spacial score (nSPS) is 20.3. The Bertz CT molecular complexity index is 763. The smallest absolute Gasteiger partial charge is 0.227 e. The van der Waals surface area contributed by atoms with Crippen LogP contribution in [0.3, 0.4) is 0 Å². The van der Waals surface area contributed by atoms with Gasteiger partial charge in [-0.05, 0) is 18.6 Å². The molecule has 2 aliphatic rings. The Hall–Kier alpha value is -2.48. The lowest BCUT2D eigenvalue weighted by Gasteiger charge is -2.27. The van der Waals surface area contributed by atoms with Crippen LogP contribution >= 0.6 is 0 Å². The molecule has 2 aromatic heterocycles. The van der Waals surface area contributed by atoms with E-state index in [9.17, 15) is 0 Å². The molecule has 0 aliphatic carbocycles. The van der Waals surface area contributed by atoms with Crippen molar-refractivity contribution in [2.75, 3.05) is 54.5 Å². The maximum absolute atomic E-state index is 5.41. The minimum Gasteiger partial charge on any atom is -0.378 e. The molecule has 0 radical (unpaired) electrons. The summed E-state index contributed by atoms with van der Waals surface area (Å²) >= 11 is 0. The van der Waals surface area contributed by atoms with Crippen molar-refractivity contribution in [3.63, 3.8) is 0 Å². The molecule has 2 aliphatic heterocycles. The molecule has 1 unspecified atom stereocenters. The second-order valence-electron chi connectivity index (χ2n) is 7.34. The van der Waals surface area contributed by atoms with Crippen molar-refractivity contribution in [2.24, 2.45) is 0 Å². The van der Waals surface area contributed by atoms with Gasteiger partial charge in [0.2, 0.25) is 5.95 Å². The summed E-state index contributed by atoms with van der Waals surface area (Å²) < 4.78 is 5.41. The minimum absolute atomic E-state index is 0.334. The molecule has 27 heavy (non-hydrogen) atoms. The maximum atomic E-state index is 5.41. The standard InChI is InChI=1S/C19H27N7O/c1-14(2)18-20-7-4-17(24-18)26-8-5-15(13-26)22-16-3-6-21-19(23-16)25-9-11-27-12-10-25/h3-4,6-7,14-15H,5,8-13H2,1-2H3,(H,21,22,23). The van der Waals surface area contributed by atoms with Gasteiger partial charge in [0.05, 0.1) is 13.2 Å². The predicted octanol–water partition coefficient (Wildman–Crippen LogP) is 1.92. The highest BCUT2D eigenvalue weighted by atomic mass is 16.5. The molecule has 0 saturated carbocycles. The summed E-state index contributed by atoms with van der Waals surface area (Å²) in [5.41, 5.74) is 0. The van der Waals surface area contributed by atoms with E-state index in [4.69, 9.17) is 14.7 Å². The number of anilines is 3. The van der Waals surface area contributed by atoms with E-state index in [0.29, 0.717) is 12.0 Å². The van der Waals surface area contributed by atoms with Crippen molar-refractivity contribution in [3.8, 4) is 0 Å². The highest BCUT2D eigenvalue weighted by molar-refractivity contribution is 5.45. The van der Waals surface area contributed by atoms with Gasteiger partial charge >= 0.3 is 0 Å². The van der Waals surface area contributed by atoms with Gasteiger partial charge in [-0.1, -0.05) is 13.8 Å². The summed E-state index contributed by atoms with van der Waals surface area (Å²) in [5, 5.41) is 3.56. The molecule has 0 bridgehead atoms. The lowest BCUT2D eigenvalue weighted by Crippen LogP contribution is -2.37. The number of aromatic nitrogens is 4. The zero-order valence-electron chi connectivity index (χ0n) is 16.0. The first-order chi connectivity index (χ1) is 13.2. The van der Waals surface area contributed by atoms with Crippen LogP contribution in [0.15, 0.2) is 24.5 Å². The van der Waals surface area contributed by atoms with Gasteiger partial charge in [-0.25, -0.2) is 15.0 Å². The second kappa shape index (κ2) is 8.04. The third-order valence-corrected chi connectivity index (χ3v) is 4.98. The van der Waals surface area contributed by atoms with Crippen molar-refractivity contribution >= 4 is 17.6 Å². The van der Waals surface area contributed by atoms with Crippen molar-refractivity contribution in [3.05, 3.63) is 30.4 Å². The van der Waals surface area contributed by atoms with Gasteiger partial charge in [-0.3, -0.25) is 0 Å². The Kier molecular flexibility index (Phi) is 5.33. The van der Waals surface area contributed by atoms with Gasteiger partial charge in [0.1, 0.15) is 17.5 Å². The van der Waals surface area contributed by atoms with Gasteiger partial charge < -0.3 is 19.9 Å². The van der Waals surface area contributed by atoms with Crippen molar-refractivity contribution in [2.45, 2.75) is 32.2 Å². The number of rotatable bonds is 5. The molecular formula is C19H27N7O. The molecule has 1 atom stereocenters. The summed E-state index contributed by atoms with van der Waals surface area (Å²) in [6.07, 6.45) is 4.74. The summed E-state index contributed by atoms with van der Waals surface area (Å²) in [6, 6.07) is 4.28. The maximum Gasteiger partial charge on any atom is 0.227 e. The number of ether oxygens (including phenoxy) is 1. The van der Waals surface area contributed by atoms with E-state index in [-0.39, 0.29) is 0 Å². The first-order valence-electron chi connectivity index (χ1n) is 9.69. The molecule has 4 heterocycles. The average molecular weight is 369 g/mol. The quantitative estimate of drug-likeness (QED) is 0.856. The SMILES string of the molecule is CC(C)c1nccc(N2CCC(Nc3ccnc(N4CCOCC4)n3)C2)n1. The van der Waals surface area contributed by atoms with Crippen LogP contribution in [0.2, 0.25) is 0 Å². The Morgan fingerprint density at radius 2 is 1.85 bits per heavy atom. The summed E-state index contributed by atoms with van der Waals surface area (Å²) in [5.74, 6) is 3.89. The van der Waals surface area contributed by atoms with Crippen LogP contribution in [0.1, 0.15) is 32.0 Å². The lowest BCUT2D eigenvalue weighted by molar-refractivity contribution is 0.122. The zero-order valence-corrected chi connectivity index (χ0v) is 16.0. The number of nitrogens with zero attached hydrogens (tertiary/aromatic N) is 6. The zero-order chi connectivity index (χ0) is 18.6. The van der Waals surface area contributed by atoms with Crippen LogP contribution in [-0.2, 0) is 4.74 Å². The highest BCUT2D eigenvalue weighted by Gasteiger charge is 2.24. The monoisotopic (exact) mass is 369 g/mol. The largest absolute Gasteiger partial charge is 0.378 e. The van der Waals surface area contributed by atoms with E-state index in [1.54, 1.807) is 0 Å². The number of nitrogens with one attached hydrogen (secondary N) is 1. The Balaban J connectivity index is 1.39. The summed E-state index contributed by atoms with van der Waals surface area (Å²) in [4.78, 5) is 22.7. The summed E-state index contributed by atoms with van der Waals surface area (Å²) in [7, 11) is 0. The van der Waals surface area contributed by atoms with Gasteiger partial charge in [0.25, 0.3) is 0 Å². The predicted molar refractivity (Wildman–Crippen MR) is 105 cm³/mol. The van der Waals surface area contributed by atoms with Gasteiger partial charge in [-0.15, -0.1) is 0 Å². The fourth-order valence-electron chi connectivity index (χ4n) is 3.46. The highest BCUT2D eigenvalue weighted by Crippen LogP contribution is 2.22. The van der Waals surface area contributed by atoms with E-state index in [2.05, 4.69) is 38.9 Å². The van der Waals surface area contributed by atoms with Crippen molar-refractivity contribution in [1.29, 1.82) is 0 Å². The first kappa shape index (κ1) is 17.9. The fraction of sp³-hybridized carbons (Fsp3) is 0.579. The third kappa shape index (κ3) is 4.27. The molecule has 2 fully saturated rings. The Labute approximate surface area is 160 Å². The van der Waals surface area contributed by atoms with E-state index in [1.165, 1.54) is 0 Å². The fourth-order valence-corrected chi connectivity index (χ4v) is 3.46. The molecule has 0 aromatic carbocycles. The first-order valence-corrected chi connectivity index (χ1v) is 9.69. The minimum atomic E-state index is 0.334. The topological polar surface area (TPSA) is 79.3 Å². The molecule has 0 amide bonds. The van der Waals surface area contributed by atoms with Crippen LogP contribution in [-0.4, -0.2) is 65.4 Å². The van der Waals surface area contributed by atoms with Crippen LogP contribution < -0.4 is 15.1 Å². The lowest BCUT2D eigenvalue weighted by atomic mass is 10.2. The van der Waals surface area contributed by atoms with E-state index >= 15 is 0 Å². The molecule has 4 rings (SSSR count). The molecular weight excluding hydrogens is 342 g/mol. The molecule has 1 N–H and O–H groups in total. The molecule has 8 nitrogen and oxygen atoms in total. The van der Waals surface area contributed by atoms with Crippen LogP contribution in [0, 0.1) is 0 Å². The second-order valence-corrected chi connectivity index (χ2v) is 7.34. The summed E-state index contributed by atoms with van der Waals surface area (Å²) in [6.45, 7) is 9.27. The molecule has 2 aromatic rings. The molecule has 8 heteroatoms. The van der Waals surface area contributed by atoms with Crippen molar-refractivity contribution in [1.82, 2.24) is 19.9 Å². The van der Waals surface area contributed by atoms with E-state index < -0.39 is 0 Å². The number of hydrogen-bond donors (Lipinski definition) is 1. The third-order valence-electron chi connectivity index (χ3n) is 4.98. The Morgan fingerprint density at radius 1 is 1.04 bits per heavy atom. The van der Waals surface area contributed by atoms with Crippen LogP contribution in [0.4, 0.5) is 17.6 Å². The van der Waals surface area contributed by atoms with E-state index in [0.717, 1.165) is 69.2 Å². The van der Waals surface area contributed by atoms with Gasteiger partial charge in [0, 0.05) is 50.5 Å². The van der Waals surface area contributed by atoms with Crippen molar-refractivity contribution < 1.29 is 4.74 Å². The Morgan fingerprint density at radius 3 is 2.67 bits per heavy atom. The van der Waals surface area contributed by atoms with Gasteiger partial charge in [-0.2, -0.15) is 4.98 Å². The van der Waals surface area contributed by atoms with E-state index in [1.807, 2.05) is 24.5 Å². The molecule has 2 saturated heterocycles. The van der Waals surface area contributed by atoms with Crippen LogP contribution in [0.25, 0.3) is 0 Å². The van der Waals surface area contributed by atoms with Gasteiger partial charge in [0.15, 0.2) is 0 Å². The number of hydrogen-bond acceptors (Lipinski definition) is 8. The average Bonchev–Trinajstić information content (AvgIpc) is 3.17. The number of morpholine rings is 1. The molecule has 144 valence electrons. The molecule has 0 spiro atoms.